The molecule has 1 aromatic carbocycles. The molecule has 0 saturated carbocycles. The minimum atomic E-state index is -4.89. The Bertz CT molecular complexity index is 705. The van der Waals surface area contributed by atoms with E-state index in [2.05, 4.69) is 0 Å². The first-order valence-corrected chi connectivity index (χ1v) is 7.25. The molecule has 0 spiro atoms. The molecule has 1 fully saturated rings. The summed E-state index contributed by atoms with van der Waals surface area (Å²) in [6.45, 7) is -0.467. The molecule has 0 radical (unpaired) electrons. The van der Waals surface area contributed by atoms with E-state index >= 15 is 0 Å². The molecule has 1 heterocycles. The summed E-state index contributed by atoms with van der Waals surface area (Å²) >= 11 is 0. The smallest absolute Gasteiger partial charge is 0.307 e. The molecule has 1 amide bonds. The lowest BCUT2D eigenvalue weighted by Gasteiger charge is -2.16. The quantitative estimate of drug-likeness (QED) is 0.466. The third kappa shape index (κ3) is 2.94. The fourth-order valence-electron chi connectivity index (χ4n) is 2.10. The molecule has 0 bridgehead atoms. The van der Waals surface area contributed by atoms with E-state index in [4.69, 9.17) is 4.74 Å². The summed E-state index contributed by atoms with van der Waals surface area (Å²) in [4.78, 5) is 23.0. The Balaban J connectivity index is 2.46. The van der Waals surface area contributed by atoms with E-state index in [-0.39, 0.29) is 17.1 Å². The van der Waals surface area contributed by atoms with Gasteiger partial charge in [-0.15, -0.1) is 3.89 Å². The Morgan fingerprint density at radius 1 is 1.48 bits per heavy atom. The molecule has 21 heavy (non-hydrogen) atoms. The van der Waals surface area contributed by atoms with Gasteiger partial charge in [0.25, 0.3) is 5.69 Å². The van der Waals surface area contributed by atoms with E-state index in [1.54, 1.807) is 0 Å². The van der Waals surface area contributed by atoms with Crippen LogP contribution in [0, 0.1) is 10.1 Å². The van der Waals surface area contributed by atoms with Crippen molar-refractivity contribution in [3.8, 4) is 5.75 Å². The van der Waals surface area contributed by atoms with Gasteiger partial charge < -0.3 is 9.64 Å². The van der Waals surface area contributed by atoms with Crippen LogP contribution in [0.15, 0.2) is 18.2 Å². The highest BCUT2D eigenvalue weighted by molar-refractivity contribution is 7.87. The Kier molecular flexibility index (Phi) is 3.81. The van der Waals surface area contributed by atoms with Gasteiger partial charge in [0.2, 0.25) is 5.91 Å². The van der Waals surface area contributed by atoms with Crippen molar-refractivity contribution in [2.75, 3.05) is 18.6 Å². The van der Waals surface area contributed by atoms with Crippen molar-refractivity contribution in [1.29, 1.82) is 0 Å². The summed E-state index contributed by atoms with van der Waals surface area (Å²) in [5, 5.41) is 9.48. The van der Waals surface area contributed by atoms with E-state index < -0.39 is 39.3 Å². The number of rotatable bonds is 4. The van der Waals surface area contributed by atoms with Gasteiger partial charge >= 0.3 is 10.2 Å². The topological polar surface area (TPSA) is 107 Å². The zero-order valence-electron chi connectivity index (χ0n) is 10.9. The van der Waals surface area contributed by atoms with Gasteiger partial charge in [-0.25, -0.2) is 0 Å². The molecule has 1 aliphatic rings. The van der Waals surface area contributed by atoms with E-state index in [0.29, 0.717) is 0 Å². The maximum absolute atomic E-state index is 13.0. The van der Waals surface area contributed by atoms with Crippen LogP contribution in [0.1, 0.15) is 6.42 Å². The Morgan fingerprint density at radius 2 is 2.14 bits per heavy atom. The van der Waals surface area contributed by atoms with E-state index in [1.807, 2.05) is 0 Å². The number of methoxy groups -OCH3 is 1. The summed E-state index contributed by atoms with van der Waals surface area (Å²) in [5.74, 6) is -0.437. The van der Waals surface area contributed by atoms with Gasteiger partial charge in [-0.2, -0.15) is 8.42 Å². The van der Waals surface area contributed by atoms with E-state index in [1.165, 1.54) is 19.2 Å². The molecular weight excluding hydrogens is 307 g/mol. The number of hydrogen-bond acceptors (Lipinski definition) is 6. The van der Waals surface area contributed by atoms with Crippen molar-refractivity contribution >= 4 is 27.5 Å². The van der Waals surface area contributed by atoms with Crippen molar-refractivity contribution in [2.24, 2.45) is 0 Å². The van der Waals surface area contributed by atoms with Gasteiger partial charge in [0.05, 0.1) is 12.0 Å². The number of benzene rings is 1. The van der Waals surface area contributed by atoms with Crippen LogP contribution >= 0.6 is 0 Å². The molecular formula is C11H11FN2O6S. The molecule has 0 N–H and O–H groups in total. The van der Waals surface area contributed by atoms with Crippen LogP contribution in [0.5, 0.6) is 5.75 Å². The summed E-state index contributed by atoms with van der Waals surface area (Å²) in [5.41, 5.74) is -0.503. The van der Waals surface area contributed by atoms with Crippen LogP contribution in [0.25, 0.3) is 0 Å². The molecule has 0 aliphatic carbocycles. The number of nitrogens with zero attached hydrogens (tertiary/aromatic N) is 2. The fraction of sp³-hybridized carbons (Fsp3) is 0.364. The Morgan fingerprint density at radius 3 is 2.62 bits per heavy atom. The number of amides is 1. The second-order valence-corrected chi connectivity index (χ2v) is 6.04. The SMILES string of the molecule is COc1ccc([N+](=O)[O-])c(N2CC(S(=O)(=O)F)CC2=O)c1. The first-order chi connectivity index (χ1) is 9.74. The molecule has 10 heteroatoms. The fourth-order valence-corrected chi connectivity index (χ4v) is 2.77. The zero-order chi connectivity index (χ0) is 15.8. The van der Waals surface area contributed by atoms with E-state index in [9.17, 15) is 27.2 Å². The maximum Gasteiger partial charge on any atom is 0.307 e. The molecule has 1 aromatic rings. The lowest BCUT2D eigenvalue weighted by Crippen LogP contribution is -2.27. The van der Waals surface area contributed by atoms with Crippen molar-refractivity contribution in [2.45, 2.75) is 11.7 Å². The molecule has 1 saturated heterocycles. The van der Waals surface area contributed by atoms with Crippen LogP contribution in [-0.2, 0) is 15.0 Å². The van der Waals surface area contributed by atoms with Crippen LogP contribution in [-0.4, -0.2) is 38.2 Å². The number of carbonyl (C=O) groups excluding carboxylic acids is 1. The highest BCUT2D eigenvalue weighted by atomic mass is 32.3. The van der Waals surface area contributed by atoms with Crippen LogP contribution in [0.4, 0.5) is 15.3 Å². The van der Waals surface area contributed by atoms with Gasteiger partial charge in [-0.1, -0.05) is 0 Å². The Hall–Kier alpha value is -2.23. The number of anilines is 1. The van der Waals surface area contributed by atoms with E-state index in [0.717, 1.165) is 11.0 Å². The summed E-state index contributed by atoms with van der Waals surface area (Å²) in [6.07, 6.45) is -0.548. The number of carbonyl (C=O) groups is 1. The second kappa shape index (κ2) is 5.28. The lowest BCUT2D eigenvalue weighted by molar-refractivity contribution is -0.384. The van der Waals surface area contributed by atoms with Gasteiger partial charge in [-0.05, 0) is 6.07 Å². The van der Waals surface area contributed by atoms with Crippen LogP contribution in [0.3, 0.4) is 0 Å². The minimum Gasteiger partial charge on any atom is -0.497 e. The number of halogens is 1. The third-order valence-corrected chi connectivity index (χ3v) is 4.27. The van der Waals surface area contributed by atoms with Crippen molar-refractivity contribution < 1.29 is 26.8 Å². The zero-order valence-corrected chi connectivity index (χ0v) is 11.7. The monoisotopic (exact) mass is 318 g/mol. The summed E-state index contributed by atoms with van der Waals surface area (Å²) in [6, 6.07) is 3.72. The number of hydrogen-bond donors (Lipinski definition) is 0. The average Bonchev–Trinajstić information content (AvgIpc) is 2.79. The van der Waals surface area contributed by atoms with Crippen LogP contribution in [0.2, 0.25) is 0 Å². The molecule has 8 nitrogen and oxygen atoms in total. The predicted octanol–water partition coefficient (Wildman–Crippen LogP) is 1.01. The maximum atomic E-state index is 13.0. The minimum absolute atomic E-state index is 0.115. The van der Waals surface area contributed by atoms with Crippen molar-refractivity contribution in [3.63, 3.8) is 0 Å². The average molecular weight is 318 g/mol. The summed E-state index contributed by atoms with van der Waals surface area (Å²) < 4.78 is 39.7. The number of nitro groups is 1. The highest BCUT2D eigenvalue weighted by Gasteiger charge is 2.41. The first kappa shape index (κ1) is 15.2. The van der Waals surface area contributed by atoms with Gasteiger partial charge in [-0.3, -0.25) is 14.9 Å². The molecule has 114 valence electrons. The Labute approximate surface area is 119 Å². The van der Waals surface area contributed by atoms with Crippen molar-refractivity contribution in [1.82, 2.24) is 0 Å². The second-order valence-electron chi connectivity index (χ2n) is 4.42. The molecule has 0 aromatic heterocycles. The highest BCUT2D eigenvalue weighted by Crippen LogP contribution is 2.35. The standard InChI is InChI=1S/C11H11FN2O6S/c1-20-7-2-3-9(14(16)17)10(4-7)13-6-8(5-11(13)15)21(12,18)19/h2-4,8H,5-6H2,1H3. The number of nitro benzene ring substituents is 1. The lowest BCUT2D eigenvalue weighted by atomic mass is 10.2. The van der Waals surface area contributed by atoms with Gasteiger partial charge in [0, 0.05) is 25.1 Å². The molecule has 1 unspecified atom stereocenters. The van der Waals surface area contributed by atoms with Gasteiger partial charge in [0.1, 0.15) is 16.7 Å². The predicted molar refractivity (Wildman–Crippen MR) is 70.4 cm³/mol. The molecule has 2 rings (SSSR count). The van der Waals surface area contributed by atoms with Crippen molar-refractivity contribution in [3.05, 3.63) is 28.3 Å². The molecule has 1 aliphatic heterocycles. The number of ether oxygens (including phenoxy) is 1. The molecule has 1 atom stereocenters. The van der Waals surface area contributed by atoms with Crippen LogP contribution < -0.4 is 9.64 Å². The normalized spacial score (nSPS) is 18.9. The largest absolute Gasteiger partial charge is 0.497 e. The summed E-state index contributed by atoms with van der Waals surface area (Å²) in [7, 11) is -3.55. The van der Waals surface area contributed by atoms with Gasteiger partial charge in [0.15, 0.2) is 0 Å². The third-order valence-electron chi connectivity index (χ3n) is 3.16. The first-order valence-electron chi connectivity index (χ1n) is 5.80.